The van der Waals surface area contributed by atoms with Gasteiger partial charge >= 0.3 is 0 Å². The first-order valence-corrected chi connectivity index (χ1v) is 8.86. The first kappa shape index (κ1) is 17.7. The number of amides is 1. The van der Waals surface area contributed by atoms with E-state index in [0.29, 0.717) is 19.5 Å². The highest BCUT2D eigenvalue weighted by molar-refractivity contribution is 7.89. The van der Waals surface area contributed by atoms with Crippen molar-refractivity contribution < 1.29 is 13.2 Å². The van der Waals surface area contributed by atoms with Crippen molar-refractivity contribution in [2.45, 2.75) is 26.7 Å². The van der Waals surface area contributed by atoms with Crippen LogP contribution in [-0.2, 0) is 21.2 Å². The predicted molar refractivity (Wildman–Crippen MR) is 84.5 cm³/mol. The second kappa shape index (κ2) is 8.79. The number of carbonyl (C=O) groups is 1. The number of nitrogens with one attached hydrogen (secondary N) is 1. The van der Waals surface area contributed by atoms with Crippen LogP contribution in [0.2, 0.25) is 0 Å². The van der Waals surface area contributed by atoms with E-state index >= 15 is 0 Å². The van der Waals surface area contributed by atoms with Gasteiger partial charge in [0.1, 0.15) is 0 Å². The molecule has 0 bridgehead atoms. The Kier molecular flexibility index (Phi) is 7.39. The average molecular weight is 312 g/mol. The molecule has 0 aliphatic rings. The van der Waals surface area contributed by atoms with Gasteiger partial charge in [-0.25, -0.2) is 13.1 Å². The fourth-order valence-electron chi connectivity index (χ4n) is 2.01. The average Bonchev–Trinajstić information content (AvgIpc) is 2.43. The zero-order valence-electron chi connectivity index (χ0n) is 12.7. The van der Waals surface area contributed by atoms with Crippen LogP contribution in [0.3, 0.4) is 0 Å². The smallest absolute Gasteiger partial charge is 0.219 e. The number of carbonyl (C=O) groups excluding carboxylic acids is 1. The molecule has 6 heteroatoms. The normalized spacial score (nSPS) is 11.3. The zero-order chi connectivity index (χ0) is 15.7. The van der Waals surface area contributed by atoms with Gasteiger partial charge in [-0.2, -0.15) is 0 Å². The molecule has 21 heavy (non-hydrogen) atoms. The monoisotopic (exact) mass is 312 g/mol. The summed E-state index contributed by atoms with van der Waals surface area (Å²) in [5.74, 6) is 0.0810. The SMILES string of the molecule is CCCS(=O)(=O)NCCN(CCc1ccccc1)C(C)=O. The van der Waals surface area contributed by atoms with E-state index in [2.05, 4.69) is 4.72 Å². The Morgan fingerprint density at radius 3 is 2.43 bits per heavy atom. The molecule has 0 unspecified atom stereocenters. The van der Waals surface area contributed by atoms with E-state index in [1.807, 2.05) is 37.3 Å². The molecule has 0 aromatic heterocycles. The molecular formula is C15H24N2O3S. The molecule has 1 N–H and O–H groups in total. The van der Waals surface area contributed by atoms with Gasteiger partial charge in [0.25, 0.3) is 0 Å². The first-order chi connectivity index (χ1) is 9.94. The summed E-state index contributed by atoms with van der Waals surface area (Å²) in [6.45, 7) is 4.57. The van der Waals surface area contributed by atoms with Gasteiger partial charge in [0.05, 0.1) is 5.75 Å². The van der Waals surface area contributed by atoms with Gasteiger partial charge in [-0.15, -0.1) is 0 Å². The van der Waals surface area contributed by atoms with Crippen LogP contribution in [0.15, 0.2) is 30.3 Å². The van der Waals surface area contributed by atoms with Crippen LogP contribution in [0, 0.1) is 0 Å². The molecule has 0 radical (unpaired) electrons. The minimum atomic E-state index is -3.21. The number of hydrogen-bond acceptors (Lipinski definition) is 3. The second-order valence-electron chi connectivity index (χ2n) is 4.95. The molecule has 1 amide bonds. The Bertz CT molecular complexity index is 529. The van der Waals surface area contributed by atoms with Crippen molar-refractivity contribution in [2.75, 3.05) is 25.4 Å². The number of hydrogen-bond donors (Lipinski definition) is 1. The van der Waals surface area contributed by atoms with Crippen molar-refractivity contribution in [3.63, 3.8) is 0 Å². The van der Waals surface area contributed by atoms with Crippen molar-refractivity contribution in [1.82, 2.24) is 9.62 Å². The molecule has 0 aliphatic carbocycles. The Balaban J connectivity index is 2.42. The number of rotatable bonds is 9. The van der Waals surface area contributed by atoms with Gasteiger partial charge in [-0.1, -0.05) is 37.3 Å². The van der Waals surface area contributed by atoms with Gasteiger partial charge in [0.15, 0.2) is 0 Å². The van der Waals surface area contributed by atoms with E-state index < -0.39 is 10.0 Å². The van der Waals surface area contributed by atoms with Crippen LogP contribution >= 0.6 is 0 Å². The Morgan fingerprint density at radius 2 is 1.86 bits per heavy atom. The molecule has 0 aliphatic heterocycles. The minimum Gasteiger partial charge on any atom is -0.341 e. The summed E-state index contributed by atoms with van der Waals surface area (Å²) in [6.07, 6.45) is 1.35. The molecule has 0 atom stereocenters. The lowest BCUT2D eigenvalue weighted by molar-refractivity contribution is -0.128. The quantitative estimate of drug-likeness (QED) is 0.749. The predicted octanol–water partition coefficient (Wildman–Crippen LogP) is 1.41. The van der Waals surface area contributed by atoms with Crippen LogP contribution in [0.5, 0.6) is 0 Å². The molecule has 5 nitrogen and oxygen atoms in total. The van der Waals surface area contributed by atoms with Crippen molar-refractivity contribution in [3.8, 4) is 0 Å². The molecule has 1 aromatic rings. The molecule has 0 heterocycles. The van der Waals surface area contributed by atoms with Crippen LogP contribution in [0.1, 0.15) is 25.8 Å². The highest BCUT2D eigenvalue weighted by Crippen LogP contribution is 2.02. The summed E-state index contributed by atoms with van der Waals surface area (Å²) >= 11 is 0. The van der Waals surface area contributed by atoms with Gasteiger partial charge in [0, 0.05) is 26.6 Å². The fourth-order valence-corrected chi connectivity index (χ4v) is 3.10. The molecule has 0 spiro atoms. The van der Waals surface area contributed by atoms with Crippen molar-refractivity contribution in [1.29, 1.82) is 0 Å². The van der Waals surface area contributed by atoms with E-state index in [0.717, 1.165) is 12.0 Å². The van der Waals surface area contributed by atoms with Crippen molar-refractivity contribution in [3.05, 3.63) is 35.9 Å². The van der Waals surface area contributed by atoms with Crippen LogP contribution in [0.25, 0.3) is 0 Å². The lowest BCUT2D eigenvalue weighted by Gasteiger charge is -2.21. The topological polar surface area (TPSA) is 66.5 Å². The lowest BCUT2D eigenvalue weighted by atomic mass is 10.1. The maximum atomic E-state index is 11.6. The lowest BCUT2D eigenvalue weighted by Crippen LogP contribution is -2.39. The first-order valence-electron chi connectivity index (χ1n) is 7.21. The minimum absolute atomic E-state index is 0.0411. The van der Waals surface area contributed by atoms with E-state index in [-0.39, 0.29) is 18.2 Å². The van der Waals surface area contributed by atoms with E-state index in [4.69, 9.17) is 0 Å². The summed E-state index contributed by atoms with van der Waals surface area (Å²) in [7, 11) is -3.21. The summed E-state index contributed by atoms with van der Waals surface area (Å²) < 4.78 is 25.6. The van der Waals surface area contributed by atoms with Gasteiger partial charge in [-0.05, 0) is 18.4 Å². The fraction of sp³-hybridized carbons (Fsp3) is 0.533. The summed E-state index contributed by atoms with van der Waals surface area (Å²) in [6, 6.07) is 9.91. The highest BCUT2D eigenvalue weighted by atomic mass is 32.2. The number of sulfonamides is 1. The Hall–Kier alpha value is -1.40. The zero-order valence-corrected chi connectivity index (χ0v) is 13.5. The molecular weight excluding hydrogens is 288 g/mol. The molecule has 0 saturated carbocycles. The van der Waals surface area contributed by atoms with Crippen LogP contribution in [0.4, 0.5) is 0 Å². The molecule has 118 valence electrons. The van der Waals surface area contributed by atoms with E-state index in [9.17, 15) is 13.2 Å². The Morgan fingerprint density at radius 1 is 1.19 bits per heavy atom. The van der Waals surface area contributed by atoms with Crippen LogP contribution < -0.4 is 4.72 Å². The second-order valence-corrected chi connectivity index (χ2v) is 6.88. The van der Waals surface area contributed by atoms with Crippen LogP contribution in [-0.4, -0.2) is 44.6 Å². The Labute approximate surface area is 127 Å². The summed E-state index contributed by atoms with van der Waals surface area (Å²) in [5, 5.41) is 0. The third-order valence-electron chi connectivity index (χ3n) is 3.14. The number of benzene rings is 1. The third kappa shape index (κ3) is 7.24. The van der Waals surface area contributed by atoms with E-state index in [1.165, 1.54) is 6.92 Å². The van der Waals surface area contributed by atoms with Gasteiger partial charge < -0.3 is 4.90 Å². The van der Waals surface area contributed by atoms with Crippen molar-refractivity contribution >= 4 is 15.9 Å². The summed E-state index contributed by atoms with van der Waals surface area (Å²) in [4.78, 5) is 13.3. The molecule has 1 aromatic carbocycles. The van der Waals surface area contributed by atoms with Gasteiger partial charge in [-0.3, -0.25) is 4.79 Å². The van der Waals surface area contributed by atoms with Gasteiger partial charge in [0.2, 0.25) is 15.9 Å². The maximum Gasteiger partial charge on any atom is 0.219 e. The van der Waals surface area contributed by atoms with Crippen molar-refractivity contribution in [2.24, 2.45) is 0 Å². The maximum absolute atomic E-state index is 11.6. The third-order valence-corrected chi connectivity index (χ3v) is 4.72. The molecule has 1 rings (SSSR count). The molecule has 0 saturated heterocycles. The summed E-state index contributed by atoms with van der Waals surface area (Å²) in [5.41, 5.74) is 1.16. The van der Waals surface area contributed by atoms with E-state index in [1.54, 1.807) is 4.90 Å². The highest BCUT2D eigenvalue weighted by Gasteiger charge is 2.11. The molecule has 0 fully saturated rings. The number of nitrogens with zero attached hydrogens (tertiary/aromatic N) is 1. The standard InChI is InChI=1S/C15H24N2O3S/c1-3-13-21(19,20)16-10-12-17(14(2)18)11-9-15-7-5-4-6-8-15/h4-8,16H,3,9-13H2,1-2H3. The largest absolute Gasteiger partial charge is 0.341 e.